The Labute approximate surface area is 188 Å². The number of primary amides is 1. The molecule has 0 aliphatic carbocycles. The van der Waals surface area contributed by atoms with E-state index in [0.29, 0.717) is 6.04 Å². The molecule has 1 amide bonds. The second-order valence-corrected chi connectivity index (χ2v) is 9.22. The number of rotatable bonds is 8. The van der Waals surface area contributed by atoms with Gasteiger partial charge in [-0.3, -0.25) is 9.69 Å². The third kappa shape index (κ3) is 4.70. The Morgan fingerprint density at radius 2 is 2.00 bits per heavy atom. The Hall–Kier alpha value is -2.74. The average molecular weight is 437 g/mol. The normalized spacial score (nSPS) is 18.3. The number of hydrogen-bond donors (Lipinski definition) is 3. The number of hydrogen-bond acceptors (Lipinski definition) is 5. The van der Waals surface area contributed by atoms with Crippen molar-refractivity contribution in [2.24, 2.45) is 5.73 Å². The molecule has 3 heterocycles. The number of aliphatic hydroxyl groups is 2. The van der Waals surface area contributed by atoms with E-state index >= 15 is 0 Å². The summed E-state index contributed by atoms with van der Waals surface area (Å²) in [7, 11) is 0. The van der Waals surface area contributed by atoms with Crippen LogP contribution >= 0.6 is 0 Å². The Balaban J connectivity index is 1.49. The minimum Gasteiger partial charge on any atom is -0.384 e. The van der Waals surface area contributed by atoms with E-state index in [1.165, 1.54) is 5.56 Å². The summed E-state index contributed by atoms with van der Waals surface area (Å²) >= 11 is 0. The molecule has 1 aliphatic heterocycles. The van der Waals surface area contributed by atoms with Crippen LogP contribution in [0.1, 0.15) is 55.1 Å². The first kappa shape index (κ1) is 22.5. The minimum atomic E-state index is -1.15. The zero-order valence-corrected chi connectivity index (χ0v) is 18.7. The lowest BCUT2D eigenvalue weighted by molar-refractivity contribution is -0.125. The number of nitrogens with two attached hydrogens (primary N) is 1. The van der Waals surface area contributed by atoms with Crippen LogP contribution in [0.15, 0.2) is 48.7 Å². The highest BCUT2D eigenvalue weighted by atomic mass is 16.3. The summed E-state index contributed by atoms with van der Waals surface area (Å²) in [5.74, 6) is -0.700. The van der Waals surface area contributed by atoms with Crippen molar-refractivity contribution in [1.29, 1.82) is 0 Å². The molecule has 1 aromatic carbocycles. The van der Waals surface area contributed by atoms with Crippen LogP contribution in [0.4, 0.5) is 0 Å². The lowest BCUT2D eigenvalue weighted by Gasteiger charge is -2.25. The second-order valence-electron chi connectivity index (χ2n) is 9.22. The SMILES string of the molecule is CC(C)(O)c1nn2ccccc2c1CCN1CCC[C@@H]1c1ccc(CC(O)C(N)=O)cc1. The largest absolute Gasteiger partial charge is 0.384 e. The van der Waals surface area contributed by atoms with Crippen LogP contribution in [-0.2, 0) is 23.2 Å². The molecule has 0 radical (unpaired) electrons. The molecule has 4 N–H and O–H groups in total. The molecule has 1 aliphatic rings. The molecular weight excluding hydrogens is 404 g/mol. The predicted octanol–water partition coefficient (Wildman–Crippen LogP) is 2.33. The molecular formula is C25H32N4O3. The van der Waals surface area contributed by atoms with Crippen molar-refractivity contribution in [2.75, 3.05) is 13.1 Å². The van der Waals surface area contributed by atoms with Crippen molar-refractivity contribution in [3.63, 3.8) is 0 Å². The first-order chi connectivity index (χ1) is 15.2. The summed E-state index contributed by atoms with van der Waals surface area (Å²) in [4.78, 5) is 13.6. The van der Waals surface area contributed by atoms with Gasteiger partial charge >= 0.3 is 0 Å². The molecule has 1 fully saturated rings. The van der Waals surface area contributed by atoms with Gasteiger partial charge in [-0.25, -0.2) is 4.52 Å². The van der Waals surface area contributed by atoms with Gasteiger partial charge < -0.3 is 15.9 Å². The van der Waals surface area contributed by atoms with Gasteiger partial charge in [-0.05, 0) is 62.9 Å². The van der Waals surface area contributed by atoms with E-state index in [1.54, 1.807) is 13.8 Å². The van der Waals surface area contributed by atoms with Crippen LogP contribution in [0.25, 0.3) is 5.52 Å². The van der Waals surface area contributed by atoms with E-state index in [4.69, 9.17) is 5.73 Å². The molecule has 3 aromatic rings. The molecule has 0 bridgehead atoms. The summed E-state index contributed by atoms with van der Waals surface area (Å²) in [6.07, 6.45) is 4.05. The molecule has 2 atom stereocenters. The summed E-state index contributed by atoms with van der Waals surface area (Å²) in [5.41, 5.74) is 9.16. The molecule has 2 aromatic heterocycles. The standard InChI is InChI=1S/C25H32N4O3/c1-25(2,32)23-19(21-6-3-4-14-29(21)27-23)12-15-28-13-5-7-20(28)18-10-8-17(9-11-18)16-22(30)24(26)31/h3-4,6,8-11,14,20,22,30,32H,5,7,12-13,15-16H2,1-2H3,(H2,26,31)/t20-,22?/m1/s1. The quantitative estimate of drug-likeness (QED) is 0.503. The molecule has 4 rings (SSSR count). The van der Waals surface area contributed by atoms with Crippen LogP contribution in [0.2, 0.25) is 0 Å². The van der Waals surface area contributed by atoms with Crippen molar-refractivity contribution in [3.8, 4) is 0 Å². The third-order valence-electron chi connectivity index (χ3n) is 6.36. The number of aromatic nitrogens is 2. The first-order valence-corrected chi connectivity index (χ1v) is 11.2. The van der Waals surface area contributed by atoms with Gasteiger partial charge in [0.25, 0.3) is 0 Å². The predicted molar refractivity (Wildman–Crippen MR) is 123 cm³/mol. The average Bonchev–Trinajstić information content (AvgIpc) is 3.37. The summed E-state index contributed by atoms with van der Waals surface area (Å²) in [6, 6.07) is 14.4. The lowest BCUT2D eigenvalue weighted by atomic mass is 9.97. The first-order valence-electron chi connectivity index (χ1n) is 11.2. The van der Waals surface area contributed by atoms with Crippen LogP contribution in [0, 0.1) is 0 Å². The van der Waals surface area contributed by atoms with Crippen LogP contribution in [-0.4, -0.2) is 49.8 Å². The number of aliphatic hydroxyl groups excluding tert-OH is 1. The van der Waals surface area contributed by atoms with E-state index < -0.39 is 17.6 Å². The van der Waals surface area contributed by atoms with Crippen molar-refractivity contribution in [2.45, 2.75) is 57.3 Å². The van der Waals surface area contributed by atoms with Crippen molar-refractivity contribution in [3.05, 3.63) is 71.0 Å². The van der Waals surface area contributed by atoms with Gasteiger partial charge in [-0.1, -0.05) is 30.3 Å². The fraction of sp³-hybridized carbons (Fsp3) is 0.440. The fourth-order valence-corrected chi connectivity index (χ4v) is 4.71. The van der Waals surface area contributed by atoms with Crippen LogP contribution < -0.4 is 5.73 Å². The zero-order chi connectivity index (χ0) is 22.9. The van der Waals surface area contributed by atoms with E-state index in [0.717, 1.165) is 54.7 Å². The number of pyridine rings is 1. The smallest absolute Gasteiger partial charge is 0.246 e. The number of likely N-dealkylation sites (tertiary alicyclic amines) is 1. The van der Waals surface area contributed by atoms with Crippen LogP contribution in [0.3, 0.4) is 0 Å². The third-order valence-corrected chi connectivity index (χ3v) is 6.36. The summed E-state index contributed by atoms with van der Waals surface area (Å²) < 4.78 is 1.85. The highest BCUT2D eigenvalue weighted by Gasteiger charge is 2.29. The number of carbonyl (C=O) groups is 1. The molecule has 0 saturated carbocycles. The van der Waals surface area contributed by atoms with Gasteiger partial charge in [0.1, 0.15) is 11.7 Å². The maximum Gasteiger partial charge on any atom is 0.246 e. The molecule has 32 heavy (non-hydrogen) atoms. The molecule has 7 nitrogen and oxygen atoms in total. The summed E-state index contributed by atoms with van der Waals surface area (Å²) in [5, 5.41) is 25.0. The van der Waals surface area contributed by atoms with Crippen molar-refractivity contribution in [1.82, 2.24) is 14.5 Å². The topological polar surface area (TPSA) is 104 Å². The molecule has 7 heteroatoms. The van der Waals surface area contributed by atoms with E-state index in [9.17, 15) is 15.0 Å². The van der Waals surface area contributed by atoms with Gasteiger partial charge in [0, 0.05) is 30.8 Å². The number of nitrogens with zero attached hydrogens (tertiary/aromatic N) is 3. The van der Waals surface area contributed by atoms with Crippen molar-refractivity contribution >= 4 is 11.4 Å². The second kappa shape index (κ2) is 9.02. The maximum absolute atomic E-state index is 11.1. The van der Waals surface area contributed by atoms with E-state index in [2.05, 4.69) is 28.2 Å². The maximum atomic E-state index is 11.1. The van der Waals surface area contributed by atoms with E-state index in [-0.39, 0.29) is 6.42 Å². The number of benzene rings is 1. The zero-order valence-electron chi connectivity index (χ0n) is 18.7. The highest BCUT2D eigenvalue weighted by molar-refractivity contribution is 5.78. The Kier molecular flexibility index (Phi) is 6.33. The highest BCUT2D eigenvalue weighted by Crippen LogP contribution is 2.33. The Bertz CT molecular complexity index is 1080. The monoisotopic (exact) mass is 436 g/mol. The Morgan fingerprint density at radius 1 is 1.25 bits per heavy atom. The van der Waals surface area contributed by atoms with Gasteiger partial charge in [0.15, 0.2) is 0 Å². The van der Waals surface area contributed by atoms with Gasteiger partial charge in [0.2, 0.25) is 5.91 Å². The van der Waals surface area contributed by atoms with Gasteiger partial charge in [-0.15, -0.1) is 0 Å². The number of amides is 1. The van der Waals surface area contributed by atoms with Gasteiger partial charge in [0.05, 0.1) is 11.2 Å². The number of fused-ring (bicyclic) bond motifs is 1. The van der Waals surface area contributed by atoms with Crippen molar-refractivity contribution < 1.29 is 15.0 Å². The summed E-state index contributed by atoms with van der Waals surface area (Å²) in [6.45, 7) is 5.48. The fourth-order valence-electron chi connectivity index (χ4n) is 4.71. The van der Waals surface area contributed by atoms with Crippen LogP contribution in [0.5, 0.6) is 0 Å². The Morgan fingerprint density at radius 3 is 2.69 bits per heavy atom. The molecule has 1 saturated heterocycles. The molecule has 170 valence electrons. The number of carbonyl (C=O) groups excluding carboxylic acids is 1. The lowest BCUT2D eigenvalue weighted by Crippen LogP contribution is -2.30. The molecule has 0 spiro atoms. The minimum absolute atomic E-state index is 0.235. The molecule has 1 unspecified atom stereocenters. The van der Waals surface area contributed by atoms with E-state index in [1.807, 2.05) is 35.0 Å². The van der Waals surface area contributed by atoms with Gasteiger partial charge in [-0.2, -0.15) is 5.10 Å².